The second kappa shape index (κ2) is 4.59. The maximum Gasteiger partial charge on any atom is 0.0950 e. The van der Waals surface area contributed by atoms with E-state index in [1.165, 1.54) is 0 Å². The van der Waals surface area contributed by atoms with Crippen molar-refractivity contribution in [3.8, 4) is 0 Å². The van der Waals surface area contributed by atoms with Crippen LogP contribution in [0.2, 0.25) is 0 Å². The SMILES string of the molecule is NNC(c1ccoc1)C1CCCOC1. The lowest BCUT2D eigenvalue weighted by atomic mass is 9.90. The molecule has 1 aliphatic rings. The number of nitrogens with one attached hydrogen (secondary N) is 1. The monoisotopic (exact) mass is 196 g/mol. The Morgan fingerprint density at radius 1 is 1.57 bits per heavy atom. The Kier molecular flexibility index (Phi) is 3.18. The molecule has 0 aliphatic carbocycles. The first-order chi connectivity index (χ1) is 6.92. The lowest BCUT2D eigenvalue weighted by Crippen LogP contribution is -2.37. The molecule has 0 bridgehead atoms. The molecule has 2 heterocycles. The molecule has 0 saturated carbocycles. The van der Waals surface area contributed by atoms with Crippen molar-refractivity contribution in [1.82, 2.24) is 5.43 Å². The molecule has 3 N–H and O–H groups in total. The van der Waals surface area contributed by atoms with E-state index < -0.39 is 0 Å². The van der Waals surface area contributed by atoms with Crippen molar-refractivity contribution in [2.75, 3.05) is 13.2 Å². The molecule has 0 radical (unpaired) electrons. The molecule has 0 amide bonds. The van der Waals surface area contributed by atoms with Crippen LogP contribution in [-0.4, -0.2) is 13.2 Å². The number of furan rings is 1. The molecule has 1 aromatic rings. The highest BCUT2D eigenvalue weighted by molar-refractivity contribution is 5.12. The van der Waals surface area contributed by atoms with Gasteiger partial charge in [0.1, 0.15) is 0 Å². The predicted molar refractivity (Wildman–Crippen MR) is 52.3 cm³/mol. The number of nitrogens with two attached hydrogens (primary N) is 1. The predicted octanol–water partition coefficient (Wildman–Crippen LogP) is 1.21. The third-order valence-corrected chi connectivity index (χ3v) is 2.75. The standard InChI is InChI=1S/C10H16N2O2/c11-12-10(9-3-5-14-7-9)8-2-1-4-13-6-8/h3,5,7-8,10,12H,1-2,4,6,11H2. The molecule has 2 unspecified atom stereocenters. The highest BCUT2D eigenvalue weighted by atomic mass is 16.5. The number of rotatable bonds is 3. The van der Waals surface area contributed by atoms with Crippen molar-refractivity contribution in [3.63, 3.8) is 0 Å². The highest BCUT2D eigenvalue weighted by Crippen LogP contribution is 2.28. The van der Waals surface area contributed by atoms with Gasteiger partial charge in [-0.15, -0.1) is 0 Å². The molecule has 0 spiro atoms. The van der Waals surface area contributed by atoms with Crippen molar-refractivity contribution in [2.24, 2.45) is 11.8 Å². The van der Waals surface area contributed by atoms with E-state index in [1.807, 2.05) is 6.07 Å². The van der Waals surface area contributed by atoms with E-state index in [4.69, 9.17) is 15.0 Å². The Hall–Kier alpha value is -0.840. The second-order valence-electron chi connectivity index (χ2n) is 3.68. The van der Waals surface area contributed by atoms with Gasteiger partial charge in [-0.05, 0) is 18.9 Å². The van der Waals surface area contributed by atoms with Crippen molar-refractivity contribution in [1.29, 1.82) is 0 Å². The van der Waals surface area contributed by atoms with Crippen LogP contribution in [0.3, 0.4) is 0 Å². The zero-order valence-electron chi connectivity index (χ0n) is 8.11. The fourth-order valence-corrected chi connectivity index (χ4v) is 1.98. The van der Waals surface area contributed by atoms with E-state index in [2.05, 4.69) is 5.43 Å². The summed E-state index contributed by atoms with van der Waals surface area (Å²) in [5, 5.41) is 0. The van der Waals surface area contributed by atoms with Gasteiger partial charge in [-0.3, -0.25) is 11.3 Å². The zero-order valence-corrected chi connectivity index (χ0v) is 8.11. The molecule has 1 aliphatic heterocycles. The van der Waals surface area contributed by atoms with Crippen LogP contribution in [0.25, 0.3) is 0 Å². The van der Waals surface area contributed by atoms with Crippen molar-refractivity contribution < 1.29 is 9.15 Å². The van der Waals surface area contributed by atoms with Crippen LogP contribution in [0, 0.1) is 5.92 Å². The first-order valence-electron chi connectivity index (χ1n) is 4.98. The minimum absolute atomic E-state index is 0.147. The Bertz CT molecular complexity index is 255. The molecular weight excluding hydrogens is 180 g/mol. The fraction of sp³-hybridized carbons (Fsp3) is 0.600. The molecule has 1 saturated heterocycles. The maximum atomic E-state index is 5.55. The van der Waals surface area contributed by atoms with Gasteiger partial charge in [0.25, 0.3) is 0 Å². The van der Waals surface area contributed by atoms with Crippen LogP contribution in [0.15, 0.2) is 23.0 Å². The number of hydrazine groups is 1. The van der Waals surface area contributed by atoms with Crippen LogP contribution >= 0.6 is 0 Å². The van der Waals surface area contributed by atoms with Crippen LogP contribution in [0.1, 0.15) is 24.4 Å². The van der Waals surface area contributed by atoms with E-state index in [-0.39, 0.29) is 6.04 Å². The molecule has 0 aromatic carbocycles. The molecule has 1 fully saturated rings. The minimum atomic E-state index is 0.147. The van der Waals surface area contributed by atoms with Crippen LogP contribution in [0.4, 0.5) is 0 Å². The normalized spacial score (nSPS) is 24.8. The quantitative estimate of drug-likeness (QED) is 0.563. The Labute approximate surface area is 83.4 Å². The van der Waals surface area contributed by atoms with Crippen LogP contribution < -0.4 is 11.3 Å². The molecule has 14 heavy (non-hydrogen) atoms. The maximum absolute atomic E-state index is 5.55. The summed E-state index contributed by atoms with van der Waals surface area (Å²) < 4.78 is 10.5. The van der Waals surface area contributed by atoms with Gasteiger partial charge in [-0.1, -0.05) is 0 Å². The van der Waals surface area contributed by atoms with E-state index >= 15 is 0 Å². The van der Waals surface area contributed by atoms with Crippen molar-refractivity contribution in [3.05, 3.63) is 24.2 Å². The second-order valence-corrected chi connectivity index (χ2v) is 3.68. The van der Waals surface area contributed by atoms with Gasteiger partial charge in [-0.25, -0.2) is 0 Å². The first-order valence-corrected chi connectivity index (χ1v) is 4.98. The Morgan fingerprint density at radius 2 is 2.50 bits per heavy atom. The summed E-state index contributed by atoms with van der Waals surface area (Å²) in [4.78, 5) is 0. The summed E-state index contributed by atoms with van der Waals surface area (Å²) in [5.74, 6) is 6.00. The average molecular weight is 196 g/mol. The summed E-state index contributed by atoms with van der Waals surface area (Å²) >= 11 is 0. The summed E-state index contributed by atoms with van der Waals surface area (Å²) in [5.41, 5.74) is 3.93. The van der Waals surface area contributed by atoms with E-state index in [0.717, 1.165) is 31.6 Å². The van der Waals surface area contributed by atoms with Crippen molar-refractivity contribution in [2.45, 2.75) is 18.9 Å². The van der Waals surface area contributed by atoms with Gasteiger partial charge in [0.05, 0.1) is 25.2 Å². The Morgan fingerprint density at radius 3 is 3.07 bits per heavy atom. The Balaban J connectivity index is 2.04. The van der Waals surface area contributed by atoms with E-state index in [0.29, 0.717) is 5.92 Å². The summed E-state index contributed by atoms with van der Waals surface area (Å²) in [6, 6.07) is 2.09. The third kappa shape index (κ3) is 1.97. The fourth-order valence-electron chi connectivity index (χ4n) is 1.98. The number of ether oxygens (including phenoxy) is 1. The van der Waals surface area contributed by atoms with Gasteiger partial charge < -0.3 is 9.15 Å². The molecule has 2 rings (SSSR count). The minimum Gasteiger partial charge on any atom is -0.472 e. The molecule has 1 aromatic heterocycles. The molecule has 4 nitrogen and oxygen atoms in total. The lowest BCUT2D eigenvalue weighted by Gasteiger charge is -2.28. The van der Waals surface area contributed by atoms with Gasteiger partial charge in [-0.2, -0.15) is 0 Å². The topological polar surface area (TPSA) is 60.4 Å². The van der Waals surface area contributed by atoms with Gasteiger partial charge in [0.2, 0.25) is 0 Å². The van der Waals surface area contributed by atoms with Gasteiger partial charge >= 0.3 is 0 Å². The van der Waals surface area contributed by atoms with Gasteiger partial charge in [0, 0.05) is 18.1 Å². The van der Waals surface area contributed by atoms with Crippen LogP contribution in [-0.2, 0) is 4.74 Å². The molecule has 2 atom stereocenters. The highest BCUT2D eigenvalue weighted by Gasteiger charge is 2.25. The first kappa shape index (κ1) is 9.71. The molecule has 4 heteroatoms. The summed E-state index contributed by atoms with van der Waals surface area (Å²) in [7, 11) is 0. The van der Waals surface area contributed by atoms with E-state index in [9.17, 15) is 0 Å². The largest absolute Gasteiger partial charge is 0.472 e. The number of hydrogen-bond donors (Lipinski definition) is 2. The third-order valence-electron chi connectivity index (χ3n) is 2.75. The van der Waals surface area contributed by atoms with Crippen LogP contribution in [0.5, 0.6) is 0 Å². The smallest absolute Gasteiger partial charge is 0.0950 e. The molecular formula is C10H16N2O2. The van der Waals surface area contributed by atoms with Gasteiger partial charge in [0.15, 0.2) is 0 Å². The lowest BCUT2D eigenvalue weighted by molar-refractivity contribution is 0.0389. The van der Waals surface area contributed by atoms with E-state index in [1.54, 1.807) is 12.5 Å². The molecule has 78 valence electrons. The zero-order chi connectivity index (χ0) is 9.80. The number of hydrogen-bond acceptors (Lipinski definition) is 4. The average Bonchev–Trinajstić information content (AvgIpc) is 2.74. The summed E-state index contributed by atoms with van der Waals surface area (Å²) in [6.07, 6.45) is 5.67. The summed E-state index contributed by atoms with van der Waals surface area (Å²) in [6.45, 7) is 1.65. The van der Waals surface area contributed by atoms with Crippen molar-refractivity contribution >= 4 is 0 Å².